The van der Waals surface area contributed by atoms with E-state index in [1.807, 2.05) is 30.3 Å². The minimum atomic E-state index is -0.285. The van der Waals surface area contributed by atoms with Gasteiger partial charge in [0.05, 0.1) is 6.42 Å². The second-order valence-electron chi connectivity index (χ2n) is 3.24. The third kappa shape index (κ3) is 3.23. The number of rotatable bonds is 4. The molecular formula is C10H11N5OS. The lowest BCUT2D eigenvalue weighted by atomic mass is 10.3. The molecule has 1 heterocycles. The van der Waals surface area contributed by atoms with E-state index in [1.54, 1.807) is 0 Å². The summed E-state index contributed by atoms with van der Waals surface area (Å²) in [6.07, 6.45) is 0.143. The van der Waals surface area contributed by atoms with E-state index in [9.17, 15) is 4.79 Å². The van der Waals surface area contributed by atoms with Gasteiger partial charge in [-0.25, -0.2) is 5.84 Å². The number of aromatic nitrogens is 2. The second kappa shape index (κ2) is 5.37. The zero-order valence-corrected chi connectivity index (χ0v) is 9.70. The first-order chi connectivity index (χ1) is 8.28. The van der Waals surface area contributed by atoms with Crippen LogP contribution in [0.3, 0.4) is 0 Å². The summed E-state index contributed by atoms with van der Waals surface area (Å²) in [5.41, 5.74) is 2.98. The fourth-order valence-corrected chi connectivity index (χ4v) is 1.97. The molecule has 1 amide bonds. The van der Waals surface area contributed by atoms with Gasteiger partial charge < -0.3 is 5.32 Å². The molecule has 0 unspecified atom stereocenters. The van der Waals surface area contributed by atoms with Gasteiger partial charge in [-0.15, -0.1) is 10.2 Å². The fourth-order valence-electron chi connectivity index (χ4n) is 1.21. The number of hydrogen-bond acceptors (Lipinski definition) is 6. The van der Waals surface area contributed by atoms with E-state index in [-0.39, 0.29) is 12.3 Å². The van der Waals surface area contributed by atoms with E-state index in [0.717, 1.165) is 5.69 Å². The van der Waals surface area contributed by atoms with Crippen LogP contribution in [0.4, 0.5) is 10.8 Å². The molecule has 0 radical (unpaired) electrons. The number of para-hydroxylation sites is 1. The van der Waals surface area contributed by atoms with Crippen molar-refractivity contribution in [2.75, 3.05) is 5.32 Å². The molecule has 0 aliphatic carbocycles. The predicted octanol–water partition coefficient (Wildman–Crippen LogP) is 0.814. The molecule has 2 aromatic rings. The van der Waals surface area contributed by atoms with Crippen LogP contribution in [0.1, 0.15) is 5.01 Å². The lowest BCUT2D eigenvalue weighted by molar-refractivity contribution is -0.120. The molecule has 4 N–H and O–H groups in total. The van der Waals surface area contributed by atoms with Crippen molar-refractivity contribution in [1.82, 2.24) is 15.6 Å². The molecule has 0 saturated carbocycles. The summed E-state index contributed by atoms with van der Waals surface area (Å²) < 4.78 is 0. The van der Waals surface area contributed by atoms with Crippen LogP contribution in [0.25, 0.3) is 0 Å². The zero-order chi connectivity index (χ0) is 12.1. The number of carbonyl (C=O) groups is 1. The fraction of sp³-hybridized carbons (Fsp3) is 0.100. The average molecular weight is 249 g/mol. The molecule has 0 bridgehead atoms. The minimum absolute atomic E-state index is 0.143. The van der Waals surface area contributed by atoms with Gasteiger partial charge in [0.1, 0.15) is 5.01 Å². The third-order valence-corrected chi connectivity index (χ3v) is 2.80. The van der Waals surface area contributed by atoms with Crippen LogP contribution in [0.15, 0.2) is 30.3 Å². The number of amides is 1. The topological polar surface area (TPSA) is 92.9 Å². The van der Waals surface area contributed by atoms with Gasteiger partial charge in [0.15, 0.2) is 0 Å². The lowest BCUT2D eigenvalue weighted by Gasteiger charge is -1.99. The molecule has 2 rings (SSSR count). The van der Waals surface area contributed by atoms with Crippen molar-refractivity contribution in [3.05, 3.63) is 35.3 Å². The van der Waals surface area contributed by atoms with Crippen molar-refractivity contribution in [3.63, 3.8) is 0 Å². The summed E-state index contributed by atoms with van der Waals surface area (Å²) in [7, 11) is 0. The van der Waals surface area contributed by atoms with Crippen LogP contribution >= 0.6 is 11.3 Å². The number of hydrazine groups is 1. The van der Waals surface area contributed by atoms with E-state index in [4.69, 9.17) is 5.84 Å². The second-order valence-corrected chi connectivity index (χ2v) is 4.30. The molecule has 0 atom stereocenters. The first-order valence-electron chi connectivity index (χ1n) is 4.92. The molecule has 1 aromatic carbocycles. The summed E-state index contributed by atoms with van der Waals surface area (Å²) in [5.74, 6) is 4.71. The number of nitrogens with zero attached hydrogens (tertiary/aromatic N) is 2. The van der Waals surface area contributed by atoms with Gasteiger partial charge in [0.25, 0.3) is 0 Å². The maximum Gasteiger partial charge on any atom is 0.240 e. The number of nitrogens with two attached hydrogens (primary N) is 1. The third-order valence-electron chi connectivity index (χ3n) is 1.96. The first-order valence-corrected chi connectivity index (χ1v) is 5.73. The van der Waals surface area contributed by atoms with E-state index < -0.39 is 0 Å². The van der Waals surface area contributed by atoms with Crippen LogP contribution in [-0.4, -0.2) is 16.1 Å². The average Bonchev–Trinajstić information content (AvgIpc) is 2.77. The van der Waals surface area contributed by atoms with Gasteiger partial charge in [-0.1, -0.05) is 29.5 Å². The van der Waals surface area contributed by atoms with Gasteiger partial charge in [0, 0.05) is 5.69 Å². The molecule has 1 aromatic heterocycles. The maximum atomic E-state index is 11.0. The Morgan fingerprint density at radius 2 is 2.06 bits per heavy atom. The molecule has 0 saturated heterocycles. The van der Waals surface area contributed by atoms with Gasteiger partial charge in [-0.05, 0) is 12.1 Å². The van der Waals surface area contributed by atoms with Crippen molar-refractivity contribution in [3.8, 4) is 0 Å². The highest BCUT2D eigenvalue weighted by molar-refractivity contribution is 7.15. The zero-order valence-electron chi connectivity index (χ0n) is 8.88. The number of nitrogens with one attached hydrogen (secondary N) is 2. The Labute approximate surface area is 102 Å². The summed E-state index contributed by atoms with van der Waals surface area (Å²) in [6, 6.07) is 9.63. The van der Waals surface area contributed by atoms with E-state index >= 15 is 0 Å². The number of anilines is 2. The Bertz CT molecular complexity index is 498. The van der Waals surface area contributed by atoms with Gasteiger partial charge in [0.2, 0.25) is 11.0 Å². The van der Waals surface area contributed by atoms with Crippen LogP contribution in [0.2, 0.25) is 0 Å². The largest absolute Gasteiger partial charge is 0.330 e. The predicted molar refractivity (Wildman–Crippen MR) is 65.7 cm³/mol. The number of carbonyl (C=O) groups excluding carboxylic acids is 1. The van der Waals surface area contributed by atoms with Crippen molar-refractivity contribution in [1.29, 1.82) is 0 Å². The highest BCUT2D eigenvalue weighted by atomic mass is 32.1. The summed E-state index contributed by atoms with van der Waals surface area (Å²) in [5, 5.41) is 12.2. The van der Waals surface area contributed by atoms with Crippen molar-refractivity contribution in [2.45, 2.75) is 6.42 Å². The first kappa shape index (κ1) is 11.5. The van der Waals surface area contributed by atoms with Crippen molar-refractivity contribution >= 4 is 28.1 Å². The monoisotopic (exact) mass is 249 g/mol. The SMILES string of the molecule is NNC(=O)Cc1nnc(Nc2ccccc2)s1. The lowest BCUT2D eigenvalue weighted by Crippen LogP contribution is -2.31. The molecule has 6 nitrogen and oxygen atoms in total. The quantitative estimate of drug-likeness (QED) is 0.423. The maximum absolute atomic E-state index is 11.0. The number of hydrogen-bond donors (Lipinski definition) is 3. The van der Waals surface area contributed by atoms with Gasteiger partial charge in [-0.2, -0.15) is 0 Å². The molecule has 7 heteroatoms. The highest BCUT2D eigenvalue weighted by Crippen LogP contribution is 2.20. The summed E-state index contributed by atoms with van der Waals surface area (Å²) in [4.78, 5) is 11.0. The minimum Gasteiger partial charge on any atom is -0.330 e. The number of benzene rings is 1. The van der Waals surface area contributed by atoms with Gasteiger partial charge >= 0.3 is 0 Å². The Morgan fingerprint density at radius 1 is 1.29 bits per heavy atom. The highest BCUT2D eigenvalue weighted by Gasteiger charge is 2.08. The van der Waals surface area contributed by atoms with Crippen LogP contribution in [0, 0.1) is 0 Å². The molecular weight excluding hydrogens is 238 g/mol. The summed E-state index contributed by atoms with van der Waals surface area (Å²) >= 11 is 1.32. The molecule has 0 aliphatic heterocycles. The van der Waals surface area contributed by atoms with Gasteiger partial charge in [-0.3, -0.25) is 10.2 Å². The Kier molecular flexibility index (Phi) is 3.63. The van der Waals surface area contributed by atoms with E-state index in [2.05, 4.69) is 20.9 Å². The molecule has 0 fully saturated rings. The normalized spacial score (nSPS) is 9.94. The van der Waals surface area contributed by atoms with E-state index in [1.165, 1.54) is 11.3 Å². The van der Waals surface area contributed by atoms with Crippen LogP contribution in [-0.2, 0) is 11.2 Å². The van der Waals surface area contributed by atoms with Crippen LogP contribution in [0.5, 0.6) is 0 Å². The molecule has 17 heavy (non-hydrogen) atoms. The van der Waals surface area contributed by atoms with Crippen molar-refractivity contribution < 1.29 is 4.79 Å². The van der Waals surface area contributed by atoms with E-state index in [0.29, 0.717) is 10.1 Å². The molecule has 0 spiro atoms. The summed E-state index contributed by atoms with van der Waals surface area (Å²) in [6.45, 7) is 0. The van der Waals surface area contributed by atoms with Crippen LogP contribution < -0.4 is 16.6 Å². The molecule has 0 aliphatic rings. The smallest absolute Gasteiger partial charge is 0.240 e. The van der Waals surface area contributed by atoms with Crippen molar-refractivity contribution in [2.24, 2.45) is 5.84 Å². The Hall–Kier alpha value is -1.99. The Balaban J connectivity index is 2.01. The Morgan fingerprint density at radius 3 is 2.76 bits per heavy atom. The molecule has 88 valence electrons. The standard InChI is InChI=1S/C10H11N5OS/c11-13-8(16)6-9-14-15-10(17-9)12-7-4-2-1-3-5-7/h1-5H,6,11H2,(H,12,15)(H,13,16).